The van der Waals surface area contributed by atoms with Crippen LogP contribution in [0.15, 0.2) is 102 Å². The van der Waals surface area contributed by atoms with Crippen LogP contribution in [0.25, 0.3) is 11.4 Å². The summed E-state index contributed by atoms with van der Waals surface area (Å²) in [4.78, 5) is 54.8. The fraction of sp³-hybridized carbons (Fsp3) is 0.156. The highest BCUT2D eigenvalue weighted by Crippen LogP contribution is 2.19. The molecule has 5 rings (SSSR count). The molecule has 0 aliphatic carbocycles. The van der Waals surface area contributed by atoms with E-state index in [4.69, 9.17) is 0 Å². The van der Waals surface area contributed by atoms with Crippen molar-refractivity contribution in [2.24, 2.45) is 0 Å². The second-order valence-corrected chi connectivity index (χ2v) is 10.3. The second kappa shape index (κ2) is 14.0. The molecule has 6 N–H and O–H groups in total. The van der Waals surface area contributed by atoms with Crippen molar-refractivity contribution in [2.75, 3.05) is 5.32 Å². The van der Waals surface area contributed by atoms with Crippen molar-refractivity contribution in [1.29, 1.82) is 0 Å². The summed E-state index contributed by atoms with van der Waals surface area (Å²) in [5, 5.41) is 33.0. The lowest BCUT2D eigenvalue weighted by Crippen LogP contribution is -2.50. The molecule has 0 bridgehead atoms. The average molecular weight is 607 g/mol. The normalized spacial score (nSPS) is 12.8. The molecule has 0 aliphatic rings. The molecule has 2 heterocycles. The SMILES string of the molecule is CC(NC(=O)c1cc(=O)cc(C(=O)N[C@@H](Cc2ccccc2)[C@H](O)C(=O)Nc2cccc(-c3nn[nH]n3)c2)[nH]1)c1ccccc1. The Labute approximate surface area is 257 Å². The van der Waals surface area contributed by atoms with Gasteiger partial charge in [0.15, 0.2) is 11.5 Å². The molecule has 5 aromatic rings. The van der Waals surface area contributed by atoms with Crippen molar-refractivity contribution in [1.82, 2.24) is 36.2 Å². The summed E-state index contributed by atoms with van der Waals surface area (Å²) >= 11 is 0. The molecule has 2 aromatic heterocycles. The Morgan fingerprint density at radius 3 is 2.18 bits per heavy atom. The van der Waals surface area contributed by atoms with Crippen LogP contribution in [0, 0.1) is 0 Å². The number of carbonyl (C=O) groups is 3. The van der Waals surface area contributed by atoms with E-state index in [1.54, 1.807) is 55.5 Å². The highest BCUT2D eigenvalue weighted by atomic mass is 16.3. The van der Waals surface area contributed by atoms with Crippen LogP contribution in [0.5, 0.6) is 0 Å². The van der Waals surface area contributed by atoms with Crippen molar-refractivity contribution in [3.05, 3.63) is 130 Å². The molecule has 0 radical (unpaired) electrons. The molecule has 1 unspecified atom stereocenters. The van der Waals surface area contributed by atoms with Crippen LogP contribution in [-0.4, -0.2) is 60.6 Å². The Bertz CT molecular complexity index is 1830. The minimum Gasteiger partial charge on any atom is -0.381 e. The van der Waals surface area contributed by atoms with Gasteiger partial charge in [0.05, 0.1) is 12.1 Å². The number of tetrazole rings is 1. The number of amides is 3. The number of nitrogens with zero attached hydrogens (tertiary/aromatic N) is 3. The fourth-order valence-electron chi connectivity index (χ4n) is 4.66. The largest absolute Gasteiger partial charge is 0.381 e. The number of nitrogens with one attached hydrogen (secondary N) is 5. The van der Waals surface area contributed by atoms with Crippen LogP contribution in [0.4, 0.5) is 5.69 Å². The Morgan fingerprint density at radius 2 is 1.51 bits per heavy atom. The van der Waals surface area contributed by atoms with E-state index in [2.05, 4.69) is 41.6 Å². The molecule has 3 atom stereocenters. The van der Waals surface area contributed by atoms with Gasteiger partial charge < -0.3 is 26.0 Å². The van der Waals surface area contributed by atoms with Crippen LogP contribution in [-0.2, 0) is 11.2 Å². The van der Waals surface area contributed by atoms with E-state index < -0.39 is 35.3 Å². The van der Waals surface area contributed by atoms with E-state index in [1.165, 1.54) is 0 Å². The van der Waals surface area contributed by atoms with Crippen LogP contribution < -0.4 is 21.4 Å². The number of hydrogen-bond donors (Lipinski definition) is 6. The third kappa shape index (κ3) is 7.91. The lowest BCUT2D eigenvalue weighted by atomic mass is 10.00. The van der Waals surface area contributed by atoms with Gasteiger partial charge in [0.25, 0.3) is 17.7 Å². The quantitative estimate of drug-likeness (QED) is 0.132. The Hall–Kier alpha value is -5.95. The number of carbonyl (C=O) groups excluding carboxylic acids is 3. The van der Waals surface area contributed by atoms with E-state index in [1.807, 2.05) is 36.4 Å². The van der Waals surface area contributed by atoms with Gasteiger partial charge in [0.2, 0.25) is 5.82 Å². The molecule has 0 saturated heterocycles. The summed E-state index contributed by atoms with van der Waals surface area (Å²) in [6, 6.07) is 25.6. The highest BCUT2D eigenvalue weighted by molar-refractivity contribution is 5.98. The molecule has 0 saturated carbocycles. The lowest BCUT2D eigenvalue weighted by molar-refractivity contribution is -0.125. The first-order valence-corrected chi connectivity index (χ1v) is 14.0. The van der Waals surface area contributed by atoms with Crippen molar-refractivity contribution in [2.45, 2.75) is 31.5 Å². The first-order chi connectivity index (χ1) is 21.8. The Balaban J connectivity index is 1.33. The smallest absolute Gasteiger partial charge is 0.268 e. The third-order valence-electron chi connectivity index (χ3n) is 6.98. The van der Waals surface area contributed by atoms with Gasteiger partial charge in [-0.15, -0.1) is 10.2 Å². The first-order valence-electron chi connectivity index (χ1n) is 14.0. The standard InChI is InChI=1S/C32H30N8O5/c1-19(21-11-6-3-7-12-21)33-30(43)26-17-24(41)18-27(35-26)31(44)36-25(15-20-9-4-2-5-10-20)28(42)32(45)34-23-14-8-13-22(16-23)29-37-39-40-38-29/h2-14,16-19,25,28,42H,15H2,1H3,(H,33,43)(H,34,45)(H,35,41)(H,36,44)(H,37,38,39,40)/t19?,25-,28-/m0/s1. The second-order valence-electron chi connectivity index (χ2n) is 10.3. The number of aromatic nitrogens is 5. The molecule has 13 heteroatoms. The number of pyridine rings is 1. The van der Waals surface area contributed by atoms with Gasteiger partial charge in [-0.3, -0.25) is 19.2 Å². The zero-order valence-electron chi connectivity index (χ0n) is 24.1. The molecule has 45 heavy (non-hydrogen) atoms. The van der Waals surface area contributed by atoms with Crippen LogP contribution in [0.3, 0.4) is 0 Å². The number of benzene rings is 3. The number of anilines is 1. The third-order valence-corrected chi connectivity index (χ3v) is 6.98. The average Bonchev–Trinajstić information content (AvgIpc) is 3.60. The summed E-state index contributed by atoms with van der Waals surface area (Å²) in [5.74, 6) is -1.83. The van der Waals surface area contributed by atoms with E-state index in [-0.39, 0.29) is 23.9 Å². The molecule has 3 amide bonds. The summed E-state index contributed by atoms with van der Waals surface area (Å²) < 4.78 is 0. The summed E-state index contributed by atoms with van der Waals surface area (Å²) in [6.07, 6.45) is -1.61. The number of hydrogen-bond acceptors (Lipinski definition) is 8. The van der Waals surface area contributed by atoms with Gasteiger partial charge in [-0.2, -0.15) is 5.21 Å². The van der Waals surface area contributed by atoms with E-state index >= 15 is 0 Å². The van der Waals surface area contributed by atoms with Gasteiger partial charge in [-0.1, -0.05) is 72.8 Å². The number of aromatic amines is 2. The zero-order valence-corrected chi connectivity index (χ0v) is 24.1. The minimum atomic E-state index is -1.70. The van der Waals surface area contributed by atoms with E-state index in [0.29, 0.717) is 17.1 Å². The van der Waals surface area contributed by atoms with Gasteiger partial charge in [0.1, 0.15) is 11.4 Å². The van der Waals surface area contributed by atoms with Crippen molar-refractivity contribution in [3.8, 4) is 11.4 Å². The Morgan fingerprint density at radius 1 is 0.844 bits per heavy atom. The van der Waals surface area contributed by atoms with Crippen LogP contribution in [0.2, 0.25) is 0 Å². The Kier molecular flexibility index (Phi) is 9.50. The predicted octanol–water partition coefficient (Wildman–Crippen LogP) is 2.39. The monoisotopic (exact) mass is 606 g/mol. The van der Waals surface area contributed by atoms with Crippen LogP contribution in [0.1, 0.15) is 45.1 Å². The zero-order chi connectivity index (χ0) is 31.8. The highest BCUT2D eigenvalue weighted by Gasteiger charge is 2.29. The molecule has 0 fully saturated rings. The van der Waals surface area contributed by atoms with E-state index in [0.717, 1.165) is 23.3 Å². The van der Waals surface area contributed by atoms with Crippen LogP contribution >= 0.6 is 0 Å². The molecule has 3 aromatic carbocycles. The number of aliphatic hydroxyl groups is 1. The predicted molar refractivity (Wildman–Crippen MR) is 165 cm³/mol. The molecular weight excluding hydrogens is 576 g/mol. The maximum Gasteiger partial charge on any atom is 0.268 e. The summed E-state index contributed by atoms with van der Waals surface area (Å²) in [7, 11) is 0. The van der Waals surface area contributed by atoms with Crippen molar-refractivity contribution < 1.29 is 19.5 Å². The molecule has 228 valence electrons. The molecule has 13 nitrogen and oxygen atoms in total. The van der Waals surface area contributed by atoms with Gasteiger partial charge in [0, 0.05) is 23.4 Å². The molecule has 0 aliphatic heterocycles. The van der Waals surface area contributed by atoms with Crippen molar-refractivity contribution >= 4 is 23.4 Å². The topological polar surface area (TPSA) is 195 Å². The van der Waals surface area contributed by atoms with Crippen molar-refractivity contribution in [3.63, 3.8) is 0 Å². The van der Waals surface area contributed by atoms with Gasteiger partial charge >= 0.3 is 0 Å². The van der Waals surface area contributed by atoms with Gasteiger partial charge in [-0.25, -0.2) is 0 Å². The molecule has 0 spiro atoms. The fourth-order valence-corrected chi connectivity index (χ4v) is 4.66. The maximum absolute atomic E-state index is 13.4. The first kappa shape index (κ1) is 30.5. The molecular formula is C32H30N8O5. The van der Waals surface area contributed by atoms with E-state index in [9.17, 15) is 24.3 Å². The number of aliphatic hydroxyl groups excluding tert-OH is 1. The summed E-state index contributed by atoms with van der Waals surface area (Å²) in [5.41, 5.74) is 1.64. The number of H-pyrrole nitrogens is 2. The number of rotatable bonds is 11. The maximum atomic E-state index is 13.4. The summed E-state index contributed by atoms with van der Waals surface area (Å²) in [6.45, 7) is 1.80. The van der Waals surface area contributed by atoms with Gasteiger partial charge in [-0.05, 0) is 41.8 Å². The lowest BCUT2D eigenvalue weighted by Gasteiger charge is -2.24. The minimum absolute atomic E-state index is 0.0864.